The van der Waals surface area contributed by atoms with Crippen molar-refractivity contribution in [2.24, 2.45) is 0 Å². The topological polar surface area (TPSA) is 108 Å². The number of nitrogens with zero attached hydrogens (tertiary/aromatic N) is 6. The average Bonchev–Trinajstić information content (AvgIpc) is 3.71. The number of pyridine rings is 2. The molecule has 4 aromatic rings. The Balaban J connectivity index is 1.16. The first-order valence-corrected chi connectivity index (χ1v) is 18.8. The number of imidazole rings is 1. The Hall–Kier alpha value is -4.23. The number of halogens is 4. The number of hydrogen-bond acceptors (Lipinski definition) is 7. The summed E-state index contributed by atoms with van der Waals surface area (Å²) in [6.45, 7) is 12.3. The molecule has 4 aliphatic rings. The summed E-state index contributed by atoms with van der Waals surface area (Å²) in [5.74, 6) is -1.29. The maximum atomic E-state index is 15.6. The first-order valence-electron chi connectivity index (χ1n) is 18.5. The van der Waals surface area contributed by atoms with Crippen molar-refractivity contribution in [2.45, 2.75) is 115 Å². The van der Waals surface area contributed by atoms with Crippen LogP contribution in [0.15, 0.2) is 36.8 Å². The summed E-state index contributed by atoms with van der Waals surface area (Å²) >= 11 is 6.28. The van der Waals surface area contributed by atoms with Crippen LogP contribution in [-0.2, 0) is 10.2 Å². The number of rotatable bonds is 9. The second kappa shape index (κ2) is 12.7. The predicted molar refractivity (Wildman–Crippen MR) is 199 cm³/mol. The summed E-state index contributed by atoms with van der Waals surface area (Å²) in [5, 5.41) is 5.25. The maximum absolute atomic E-state index is 15.6. The van der Waals surface area contributed by atoms with E-state index in [1.54, 1.807) is 12.5 Å². The van der Waals surface area contributed by atoms with E-state index in [0.717, 1.165) is 43.4 Å². The molecule has 0 bridgehead atoms. The van der Waals surface area contributed by atoms with Crippen molar-refractivity contribution < 1.29 is 22.8 Å². The van der Waals surface area contributed by atoms with Gasteiger partial charge in [0.2, 0.25) is 5.91 Å². The highest BCUT2D eigenvalue weighted by atomic mass is 35.5. The van der Waals surface area contributed by atoms with Crippen LogP contribution in [0.2, 0.25) is 5.02 Å². The van der Waals surface area contributed by atoms with Crippen LogP contribution in [0.1, 0.15) is 102 Å². The number of hydrogen-bond donors (Lipinski definition) is 2. The van der Waals surface area contributed by atoms with Gasteiger partial charge in [-0.15, -0.1) is 0 Å². The Morgan fingerprint density at radius 2 is 1.74 bits per heavy atom. The molecular formula is C39H44ClF3N8O2. The molecule has 3 fully saturated rings. The third-order valence-corrected chi connectivity index (χ3v) is 12.1. The van der Waals surface area contributed by atoms with Crippen LogP contribution in [0.5, 0.6) is 0 Å². The van der Waals surface area contributed by atoms with Gasteiger partial charge in [-0.25, -0.2) is 23.1 Å². The van der Waals surface area contributed by atoms with Crippen LogP contribution in [0.4, 0.5) is 30.4 Å². The van der Waals surface area contributed by atoms with E-state index in [0.29, 0.717) is 22.3 Å². The fourth-order valence-corrected chi connectivity index (χ4v) is 8.66. The molecule has 0 atom stereocenters. The van der Waals surface area contributed by atoms with Gasteiger partial charge in [0.25, 0.3) is 12.3 Å². The molecule has 280 valence electrons. The minimum absolute atomic E-state index is 0.0310. The van der Waals surface area contributed by atoms with Crippen LogP contribution in [0, 0.1) is 5.82 Å². The van der Waals surface area contributed by atoms with Gasteiger partial charge in [-0.2, -0.15) is 0 Å². The lowest BCUT2D eigenvalue weighted by Crippen LogP contribution is -2.64. The van der Waals surface area contributed by atoms with Crippen LogP contribution in [0.3, 0.4) is 0 Å². The molecule has 1 saturated heterocycles. The Morgan fingerprint density at radius 3 is 2.40 bits per heavy atom. The number of amides is 2. The number of likely N-dealkylation sites (tertiary alicyclic amines) is 1. The van der Waals surface area contributed by atoms with Crippen molar-refractivity contribution in [1.29, 1.82) is 0 Å². The van der Waals surface area contributed by atoms with E-state index in [4.69, 9.17) is 21.6 Å². The van der Waals surface area contributed by atoms with E-state index in [2.05, 4.69) is 27.4 Å². The zero-order valence-electron chi connectivity index (χ0n) is 30.6. The monoisotopic (exact) mass is 748 g/mol. The van der Waals surface area contributed by atoms with E-state index in [9.17, 15) is 18.4 Å². The van der Waals surface area contributed by atoms with Gasteiger partial charge in [-0.05, 0) is 110 Å². The van der Waals surface area contributed by atoms with E-state index in [-0.39, 0.29) is 58.5 Å². The molecule has 0 radical (unpaired) electrons. The SMILES string of the molecule is CC(C)n1cnc2cc(-c3cnc4c(c3)N([C@H]3C[C@@](C)(N5CCCCC5)C3)C(=O)C4(C)C)nc(Nc3cc(C(=O)NC4(C(F)F)CC4)c(Cl)cc3F)c21. The first-order chi connectivity index (χ1) is 25.1. The summed E-state index contributed by atoms with van der Waals surface area (Å²) < 4.78 is 44.7. The molecule has 10 nitrogen and oxygen atoms in total. The highest BCUT2D eigenvalue weighted by Crippen LogP contribution is 2.50. The minimum Gasteiger partial charge on any atom is -0.341 e. The van der Waals surface area contributed by atoms with Crippen molar-refractivity contribution in [3.8, 4) is 11.3 Å². The van der Waals surface area contributed by atoms with Crippen molar-refractivity contribution in [1.82, 2.24) is 29.7 Å². The van der Waals surface area contributed by atoms with Crippen LogP contribution < -0.4 is 15.5 Å². The molecule has 3 aromatic heterocycles. The Labute approximate surface area is 311 Å². The van der Waals surface area contributed by atoms with E-state index in [1.165, 1.54) is 25.3 Å². The largest absolute Gasteiger partial charge is 0.341 e. The number of carbonyl (C=O) groups is 2. The summed E-state index contributed by atoms with van der Waals surface area (Å²) in [6.07, 6.45) is 6.40. The molecule has 14 heteroatoms. The van der Waals surface area contributed by atoms with Crippen LogP contribution >= 0.6 is 11.6 Å². The molecule has 2 aliphatic heterocycles. The van der Waals surface area contributed by atoms with Crippen LogP contribution in [0.25, 0.3) is 22.3 Å². The van der Waals surface area contributed by atoms with Gasteiger partial charge in [0.15, 0.2) is 5.82 Å². The summed E-state index contributed by atoms with van der Waals surface area (Å²) in [6, 6.07) is 6.01. The molecular weight excluding hydrogens is 705 g/mol. The molecule has 1 aromatic carbocycles. The molecule has 0 unspecified atom stereocenters. The lowest BCUT2D eigenvalue weighted by atomic mass is 9.71. The number of fused-ring (bicyclic) bond motifs is 2. The summed E-state index contributed by atoms with van der Waals surface area (Å²) in [5.41, 5.74) is 1.21. The van der Waals surface area contributed by atoms with Gasteiger partial charge in [-0.3, -0.25) is 19.5 Å². The van der Waals surface area contributed by atoms with Gasteiger partial charge >= 0.3 is 0 Å². The van der Waals surface area contributed by atoms with Gasteiger partial charge in [0.05, 0.1) is 50.6 Å². The molecule has 5 heterocycles. The second-order valence-electron chi connectivity index (χ2n) is 16.3. The Morgan fingerprint density at radius 1 is 1.02 bits per heavy atom. The van der Waals surface area contributed by atoms with Gasteiger partial charge in [-0.1, -0.05) is 18.0 Å². The zero-order chi connectivity index (χ0) is 37.6. The lowest BCUT2D eigenvalue weighted by molar-refractivity contribution is -0.123. The van der Waals surface area contributed by atoms with E-state index in [1.807, 2.05) is 49.3 Å². The molecule has 2 N–H and O–H groups in total. The summed E-state index contributed by atoms with van der Waals surface area (Å²) in [4.78, 5) is 46.1. The van der Waals surface area contributed by atoms with Crippen LogP contribution in [-0.4, -0.2) is 72.9 Å². The quantitative estimate of drug-likeness (QED) is 0.178. The Kier molecular flexibility index (Phi) is 8.56. The zero-order valence-corrected chi connectivity index (χ0v) is 31.3. The third-order valence-electron chi connectivity index (χ3n) is 11.8. The van der Waals surface area contributed by atoms with Crippen molar-refractivity contribution >= 4 is 51.6 Å². The number of anilines is 3. The lowest BCUT2D eigenvalue weighted by Gasteiger charge is -2.55. The highest BCUT2D eigenvalue weighted by molar-refractivity contribution is 6.34. The predicted octanol–water partition coefficient (Wildman–Crippen LogP) is 8.17. The average molecular weight is 749 g/mol. The smallest absolute Gasteiger partial charge is 0.261 e. The molecule has 2 aliphatic carbocycles. The van der Waals surface area contributed by atoms with E-state index < -0.39 is 29.1 Å². The number of benzene rings is 1. The first kappa shape index (κ1) is 35.8. The molecule has 8 rings (SSSR count). The number of alkyl halides is 2. The van der Waals surface area contributed by atoms with Gasteiger partial charge < -0.3 is 20.1 Å². The normalized spacial score (nSPS) is 23.4. The number of carbonyl (C=O) groups excluding carboxylic acids is 2. The highest BCUT2D eigenvalue weighted by Gasteiger charge is 2.55. The molecule has 53 heavy (non-hydrogen) atoms. The summed E-state index contributed by atoms with van der Waals surface area (Å²) in [7, 11) is 0. The fourth-order valence-electron chi connectivity index (χ4n) is 8.42. The Bertz CT molecular complexity index is 2140. The maximum Gasteiger partial charge on any atom is 0.261 e. The number of aromatic nitrogens is 4. The van der Waals surface area contributed by atoms with Crippen molar-refractivity contribution in [3.05, 3.63) is 58.9 Å². The molecule has 2 amide bonds. The number of nitrogens with one attached hydrogen (secondary N) is 2. The number of piperidine rings is 1. The molecule has 2 saturated carbocycles. The minimum atomic E-state index is -2.74. The molecule has 0 spiro atoms. The standard InChI is InChI=1S/C39H44ClF3N8O2/c1-21(2)50-20-45-29-16-27(46-33(31(29)50)47-28-14-24(25(40)15-26(28)41)34(52)48-39(9-10-39)35(42)43)22-13-30-32(44-19-22)37(3,4)36(53)51(30)23-17-38(5,18-23)49-11-7-6-8-12-49/h13-16,19-21,23,35H,6-12,17-18H2,1-5H3,(H,46,47)(H,48,52)/t23-,38+. The van der Waals surface area contributed by atoms with Crippen molar-refractivity contribution in [3.63, 3.8) is 0 Å². The van der Waals surface area contributed by atoms with Gasteiger partial charge in [0, 0.05) is 29.4 Å². The van der Waals surface area contributed by atoms with Crippen molar-refractivity contribution in [2.75, 3.05) is 23.3 Å². The fraction of sp³-hybridized carbons (Fsp3) is 0.513. The van der Waals surface area contributed by atoms with Gasteiger partial charge in [0.1, 0.15) is 16.9 Å². The second-order valence-corrected chi connectivity index (χ2v) is 16.7. The third kappa shape index (κ3) is 5.94. The van der Waals surface area contributed by atoms with E-state index >= 15 is 4.39 Å².